The van der Waals surface area contributed by atoms with Crippen LogP contribution in [0.4, 0.5) is 11.4 Å². The number of nitrogens with one attached hydrogen (secondary N) is 1. The maximum absolute atomic E-state index is 12.5. The zero-order chi connectivity index (χ0) is 20.9. The highest BCUT2D eigenvalue weighted by atomic mass is 32.2. The number of thioether (sulfide) groups is 1. The first-order valence-corrected chi connectivity index (χ1v) is 10.3. The Balaban J connectivity index is 1.56. The Hall–Kier alpha value is -3.65. The van der Waals surface area contributed by atoms with Gasteiger partial charge in [-0.2, -0.15) is 0 Å². The minimum Gasteiger partial charge on any atom is -0.398 e. The van der Waals surface area contributed by atoms with Crippen LogP contribution in [0.1, 0.15) is 5.56 Å². The second-order valence-electron chi connectivity index (χ2n) is 6.63. The van der Waals surface area contributed by atoms with Gasteiger partial charge in [0.2, 0.25) is 5.91 Å². The number of benzene rings is 2. The number of amides is 1. The SMILES string of the molecule is Cc1ccc(NC(=O)CSc2nnc(-c3cccnc3)n2-c2ccccc2)cc1N. The standard InChI is InChI=1S/C22H20N6OS/c1-15-9-10-17(12-19(15)23)25-20(29)14-30-22-27-26-21(16-6-5-11-24-13-16)28(22)18-7-3-2-4-8-18/h2-13H,14,23H2,1H3,(H,25,29). The van der Waals surface area contributed by atoms with Crippen LogP contribution < -0.4 is 11.1 Å². The van der Waals surface area contributed by atoms with E-state index in [1.54, 1.807) is 18.5 Å². The molecule has 2 aromatic carbocycles. The lowest BCUT2D eigenvalue weighted by Crippen LogP contribution is -2.14. The summed E-state index contributed by atoms with van der Waals surface area (Å²) >= 11 is 1.32. The molecule has 0 atom stereocenters. The van der Waals surface area contributed by atoms with Crippen molar-refractivity contribution in [3.05, 3.63) is 78.6 Å². The Morgan fingerprint density at radius 2 is 1.93 bits per heavy atom. The third-order valence-corrected chi connectivity index (χ3v) is 5.39. The van der Waals surface area contributed by atoms with E-state index in [0.29, 0.717) is 22.4 Å². The van der Waals surface area contributed by atoms with Crippen LogP contribution in [-0.2, 0) is 4.79 Å². The first-order chi connectivity index (χ1) is 14.6. The van der Waals surface area contributed by atoms with Gasteiger partial charge in [-0.05, 0) is 48.9 Å². The Morgan fingerprint density at radius 1 is 1.10 bits per heavy atom. The lowest BCUT2D eigenvalue weighted by molar-refractivity contribution is -0.113. The van der Waals surface area contributed by atoms with Crippen LogP contribution in [0.3, 0.4) is 0 Å². The molecule has 4 rings (SSSR count). The van der Waals surface area contributed by atoms with E-state index >= 15 is 0 Å². The van der Waals surface area contributed by atoms with E-state index in [-0.39, 0.29) is 11.7 Å². The van der Waals surface area contributed by atoms with Gasteiger partial charge in [0.15, 0.2) is 11.0 Å². The Bertz CT molecular complexity index is 1160. The molecule has 7 nitrogen and oxygen atoms in total. The predicted octanol–water partition coefficient (Wildman–Crippen LogP) is 3.95. The number of carbonyl (C=O) groups is 1. The fourth-order valence-corrected chi connectivity index (χ4v) is 3.65. The molecule has 3 N–H and O–H groups in total. The average molecular weight is 417 g/mol. The average Bonchev–Trinajstić information content (AvgIpc) is 3.20. The number of anilines is 2. The molecule has 0 fully saturated rings. The lowest BCUT2D eigenvalue weighted by atomic mass is 10.2. The van der Waals surface area contributed by atoms with Crippen LogP contribution in [0, 0.1) is 6.92 Å². The predicted molar refractivity (Wildman–Crippen MR) is 120 cm³/mol. The molecule has 1 amide bonds. The van der Waals surface area contributed by atoms with Gasteiger partial charge in [-0.1, -0.05) is 36.0 Å². The zero-order valence-corrected chi connectivity index (χ0v) is 17.1. The second kappa shape index (κ2) is 8.79. The van der Waals surface area contributed by atoms with Crippen molar-refractivity contribution in [3.8, 4) is 17.1 Å². The third-order valence-electron chi connectivity index (χ3n) is 4.46. The van der Waals surface area contributed by atoms with Crippen LogP contribution in [0.2, 0.25) is 0 Å². The highest BCUT2D eigenvalue weighted by molar-refractivity contribution is 7.99. The summed E-state index contributed by atoms with van der Waals surface area (Å²) in [5, 5.41) is 12.2. The van der Waals surface area contributed by atoms with E-state index in [2.05, 4.69) is 20.5 Å². The molecule has 2 aromatic heterocycles. The highest BCUT2D eigenvalue weighted by Crippen LogP contribution is 2.27. The van der Waals surface area contributed by atoms with E-state index in [1.165, 1.54) is 11.8 Å². The molecular weight excluding hydrogens is 396 g/mol. The number of nitrogens with zero attached hydrogens (tertiary/aromatic N) is 4. The molecule has 150 valence electrons. The molecule has 0 saturated heterocycles. The van der Waals surface area contributed by atoms with Crippen molar-refractivity contribution in [2.75, 3.05) is 16.8 Å². The summed E-state index contributed by atoms with van der Waals surface area (Å²) in [6.07, 6.45) is 3.46. The summed E-state index contributed by atoms with van der Waals surface area (Å²) in [7, 11) is 0. The Morgan fingerprint density at radius 3 is 2.67 bits per heavy atom. The van der Waals surface area contributed by atoms with Crippen molar-refractivity contribution < 1.29 is 4.79 Å². The Kier molecular flexibility index (Phi) is 5.76. The quantitative estimate of drug-likeness (QED) is 0.365. The summed E-state index contributed by atoms with van der Waals surface area (Å²) in [6.45, 7) is 1.92. The molecule has 0 aliphatic rings. The van der Waals surface area contributed by atoms with Gasteiger partial charge in [0, 0.05) is 35.0 Å². The summed E-state index contributed by atoms with van der Waals surface area (Å²) in [6, 6.07) is 19.1. The number of hydrogen-bond acceptors (Lipinski definition) is 6. The first kappa shape index (κ1) is 19.7. The van der Waals surface area contributed by atoms with Gasteiger partial charge >= 0.3 is 0 Å². The molecule has 30 heavy (non-hydrogen) atoms. The number of nitrogen functional groups attached to an aromatic ring is 1. The van der Waals surface area contributed by atoms with Gasteiger partial charge in [0.25, 0.3) is 0 Å². The smallest absolute Gasteiger partial charge is 0.234 e. The minimum absolute atomic E-state index is 0.145. The molecule has 0 saturated carbocycles. The van der Waals surface area contributed by atoms with Gasteiger partial charge in [-0.25, -0.2) is 0 Å². The summed E-state index contributed by atoms with van der Waals surface area (Å²) < 4.78 is 1.93. The third kappa shape index (κ3) is 4.33. The van der Waals surface area contributed by atoms with Gasteiger partial charge < -0.3 is 11.1 Å². The largest absolute Gasteiger partial charge is 0.398 e. The number of rotatable bonds is 6. The molecule has 0 aliphatic carbocycles. The van der Waals surface area contributed by atoms with Gasteiger partial charge in [0.1, 0.15) is 0 Å². The topological polar surface area (TPSA) is 98.7 Å². The molecule has 0 bridgehead atoms. The maximum Gasteiger partial charge on any atom is 0.234 e. The van der Waals surface area contributed by atoms with E-state index in [1.807, 2.05) is 66.1 Å². The lowest BCUT2D eigenvalue weighted by Gasteiger charge is -2.10. The van der Waals surface area contributed by atoms with E-state index in [4.69, 9.17) is 5.73 Å². The van der Waals surface area contributed by atoms with Crippen LogP contribution in [0.15, 0.2) is 78.2 Å². The van der Waals surface area contributed by atoms with Gasteiger partial charge in [-0.15, -0.1) is 10.2 Å². The molecule has 2 heterocycles. The molecule has 0 aliphatic heterocycles. The van der Waals surface area contributed by atoms with Gasteiger partial charge in [-0.3, -0.25) is 14.3 Å². The monoisotopic (exact) mass is 416 g/mol. The fraction of sp³-hybridized carbons (Fsp3) is 0.0909. The van der Waals surface area contributed by atoms with Crippen LogP contribution in [0.25, 0.3) is 17.1 Å². The minimum atomic E-state index is -0.145. The van der Waals surface area contributed by atoms with Crippen LogP contribution in [0.5, 0.6) is 0 Å². The second-order valence-corrected chi connectivity index (χ2v) is 7.57. The van der Waals surface area contributed by atoms with Gasteiger partial charge in [0.05, 0.1) is 5.75 Å². The fourth-order valence-electron chi connectivity index (χ4n) is 2.90. The van der Waals surface area contributed by atoms with Crippen molar-refractivity contribution in [2.24, 2.45) is 0 Å². The summed E-state index contributed by atoms with van der Waals surface area (Å²) in [5.41, 5.74) is 9.97. The maximum atomic E-state index is 12.5. The van der Waals surface area contributed by atoms with Crippen molar-refractivity contribution in [2.45, 2.75) is 12.1 Å². The van der Waals surface area contributed by atoms with Crippen LogP contribution >= 0.6 is 11.8 Å². The number of carbonyl (C=O) groups excluding carboxylic acids is 1. The molecule has 0 radical (unpaired) electrons. The van der Waals surface area contributed by atoms with E-state index in [9.17, 15) is 4.79 Å². The first-order valence-electron chi connectivity index (χ1n) is 9.32. The molecule has 0 spiro atoms. The number of para-hydroxylation sites is 1. The highest BCUT2D eigenvalue weighted by Gasteiger charge is 2.17. The number of aryl methyl sites for hydroxylation is 1. The van der Waals surface area contributed by atoms with Crippen LogP contribution in [-0.4, -0.2) is 31.4 Å². The normalized spacial score (nSPS) is 10.7. The Labute approximate surface area is 178 Å². The molecule has 8 heteroatoms. The van der Waals surface area contributed by atoms with Crippen molar-refractivity contribution in [1.82, 2.24) is 19.7 Å². The van der Waals surface area contributed by atoms with Crippen molar-refractivity contribution in [3.63, 3.8) is 0 Å². The molecule has 4 aromatic rings. The number of hydrogen-bond donors (Lipinski definition) is 2. The summed E-state index contributed by atoms with van der Waals surface area (Å²) in [4.78, 5) is 16.6. The number of aromatic nitrogens is 4. The van der Waals surface area contributed by atoms with Crippen molar-refractivity contribution >= 4 is 29.0 Å². The number of nitrogens with two attached hydrogens (primary N) is 1. The van der Waals surface area contributed by atoms with E-state index < -0.39 is 0 Å². The number of pyridine rings is 1. The van der Waals surface area contributed by atoms with E-state index in [0.717, 1.165) is 16.8 Å². The summed E-state index contributed by atoms with van der Waals surface area (Å²) in [5.74, 6) is 0.712. The molecular formula is C22H20N6OS. The van der Waals surface area contributed by atoms with Crippen molar-refractivity contribution in [1.29, 1.82) is 0 Å². The molecule has 0 unspecified atom stereocenters. The zero-order valence-electron chi connectivity index (χ0n) is 16.3.